The molecule has 1 aliphatic rings. The van der Waals surface area contributed by atoms with E-state index in [2.05, 4.69) is 4.36 Å². The van der Waals surface area contributed by atoms with Crippen LogP contribution in [0.1, 0.15) is 18.4 Å². The first-order chi connectivity index (χ1) is 7.92. The third kappa shape index (κ3) is 2.62. The average molecular weight is 263 g/mol. The van der Waals surface area contributed by atoms with E-state index >= 15 is 0 Å². The van der Waals surface area contributed by atoms with Gasteiger partial charge in [-0.15, -0.1) is 0 Å². The molecule has 0 saturated heterocycles. The Morgan fingerprint density at radius 3 is 2.24 bits per heavy atom. The first kappa shape index (κ1) is 12.4. The molecule has 6 heteroatoms. The molecule has 0 amide bonds. The molecule has 1 heterocycles. The summed E-state index contributed by atoms with van der Waals surface area (Å²) in [4.78, 5) is 0.408. The molecule has 1 aromatic rings. The Kier molecular flexibility index (Phi) is 3.16. The van der Waals surface area contributed by atoms with Crippen molar-refractivity contribution in [1.82, 2.24) is 0 Å². The third-order valence-corrected chi connectivity index (χ3v) is 5.13. The molecular weight excluding hydrogens is 251 g/mol. The van der Waals surface area contributed by atoms with Crippen LogP contribution >= 0.6 is 0 Å². The molecule has 0 fully saturated rings. The van der Waals surface area contributed by atoms with E-state index in [1.807, 2.05) is 0 Å². The third-order valence-electron chi connectivity index (χ3n) is 2.68. The summed E-state index contributed by atoms with van der Waals surface area (Å²) in [5.41, 5.74) is -0.722. The molecule has 0 N–H and O–H groups in total. The molecule has 2 rings (SSSR count). The lowest BCUT2D eigenvalue weighted by atomic mass is 10.2. The molecule has 0 radical (unpaired) electrons. The fourth-order valence-corrected chi connectivity index (χ4v) is 3.83. The van der Waals surface area contributed by atoms with Gasteiger partial charge in [0, 0.05) is 17.2 Å². The van der Waals surface area contributed by atoms with E-state index in [4.69, 9.17) is 0 Å². The van der Waals surface area contributed by atoms with Gasteiger partial charge in [-0.25, -0.2) is 8.57 Å². The number of halogens is 3. The zero-order valence-electron chi connectivity index (χ0n) is 9.04. The van der Waals surface area contributed by atoms with Crippen molar-refractivity contribution in [3.8, 4) is 0 Å². The Labute approximate surface area is 98.0 Å². The largest absolute Gasteiger partial charge is 0.416 e. The highest BCUT2D eigenvalue weighted by molar-refractivity contribution is 7.93. The van der Waals surface area contributed by atoms with Crippen LogP contribution in [0.3, 0.4) is 0 Å². The Bertz CT molecular complexity index is 513. The Morgan fingerprint density at radius 2 is 1.76 bits per heavy atom. The monoisotopic (exact) mass is 263 g/mol. The summed E-state index contributed by atoms with van der Waals surface area (Å²) in [6.45, 7) is 0.528. The van der Waals surface area contributed by atoms with Crippen LogP contribution in [0.4, 0.5) is 13.2 Å². The van der Waals surface area contributed by atoms with Crippen LogP contribution in [0, 0.1) is 0 Å². The number of nitrogens with zero attached hydrogens (tertiary/aromatic N) is 1. The maximum atomic E-state index is 12.4. The molecule has 0 saturated carbocycles. The first-order valence-electron chi connectivity index (χ1n) is 5.30. The summed E-state index contributed by atoms with van der Waals surface area (Å²) in [5, 5.41) is 0. The van der Waals surface area contributed by atoms with Crippen LogP contribution in [0.15, 0.2) is 33.5 Å². The quantitative estimate of drug-likeness (QED) is 0.764. The lowest BCUT2D eigenvalue weighted by Gasteiger charge is -2.15. The topological polar surface area (TPSA) is 29.4 Å². The second kappa shape index (κ2) is 4.33. The van der Waals surface area contributed by atoms with E-state index < -0.39 is 21.5 Å². The van der Waals surface area contributed by atoms with Gasteiger partial charge < -0.3 is 0 Å². The average Bonchev–Trinajstić information content (AvgIpc) is 2.29. The molecule has 1 aromatic carbocycles. The normalized spacial score (nSPS) is 25.4. The standard InChI is InChI=1S/C11H12F3NOS/c12-11(13,14)9-3-5-10(6-4-9)17(16)8-2-1-7-15-17/h3-6H,1-2,7-8H2. The number of alkyl halides is 3. The highest BCUT2D eigenvalue weighted by Crippen LogP contribution is 2.30. The van der Waals surface area contributed by atoms with E-state index in [1.165, 1.54) is 12.1 Å². The summed E-state index contributed by atoms with van der Waals surface area (Å²) in [6, 6.07) is 4.48. The summed E-state index contributed by atoms with van der Waals surface area (Å²) in [7, 11) is -2.47. The molecule has 1 unspecified atom stereocenters. The second-order valence-corrected chi connectivity index (χ2v) is 6.35. The fourth-order valence-electron chi connectivity index (χ4n) is 1.74. The molecule has 0 aromatic heterocycles. The van der Waals surface area contributed by atoms with Crippen molar-refractivity contribution in [3.05, 3.63) is 29.8 Å². The predicted octanol–water partition coefficient (Wildman–Crippen LogP) is 3.33. The van der Waals surface area contributed by atoms with Gasteiger partial charge in [0.2, 0.25) is 0 Å². The summed E-state index contributed by atoms with van der Waals surface area (Å²) >= 11 is 0. The minimum absolute atomic E-state index is 0.408. The number of hydrogen-bond acceptors (Lipinski definition) is 2. The van der Waals surface area contributed by atoms with Crippen molar-refractivity contribution in [1.29, 1.82) is 0 Å². The number of hydrogen-bond donors (Lipinski definition) is 0. The lowest BCUT2D eigenvalue weighted by Crippen LogP contribution is -2.13. The highest BCUT2D eigenvalue weighted by Gasteiger charge is 2.30. The number of rotatable bonds is 1. The van der Waals surface area contributed by atoms with Gasteiger partial charge in [0.15, 0.2) is 0 Å². The van der Waals surface area contributed by atoms with Crippen molar-refractivity contribution in [2.24, 2.45) is 4.36 Å². The van der Waals surface area contributed by atoms with Gasteiger partial charge >= 0.3 is 6.18 Å². The predicted molar refractivity (Wildman–Crippen MR) is 59.2 cm³/mol. The van der Waals surface area contributed by atoms with Gasteiger partial charge in [-0.3, -0.25) is 0 Å². The second-order valence-electron chi connectivity index (χ2n) is 3.93. The SMILES string of the molecule is O=S1(c2ccc(C(F)(F)F)cc2)=NCCCC1. The van der Waals surface area contributed by atoms with E-state index in [0.29, 0.717) is 17.2 Å². The summed E-state index contributed by atoms with van der Waals surface area (Å²) in [5.74, 6) is 0.443. The Balaban J connectivity index is 2.36. The van der Waals surface area contributed by atoms with Crippen LogP contribution in [-0.2, 0) is 15.9 Å². The molecule has 0 bridgehead atoms. The van der Waals surface area contributed by atoms with Gasteiger partial charge in [-0.05, 0) is 37.1 Å². The minimum Gasteiger partial charge on any atom is -0.245 e. The van der Waals surface area contributed by atoms with Crippen molar-refractivity contribution in [2.45, 2.75) is 23.9 Å². The molecule has 1 atom stereocenters. The molecule has 0 aliphatic carbocycles. The molecule has 2 nitrogen and oxygen atoms in total. The van der Waals surface area contributed by atoms with Crippen LogP contribution in [0.5, 0.6) is 0 Å². The van der Waals surface area contributed by atoms with Crippen LogP contribution < -0.4 is 0 Å². The van der Waals surface area contributed by atoms with Crippen molar-refractivity contribution in [2.75, 3.05) is 12.3 Å². The number of benzene rings is 1. The van der Waals surface area contributed by atoms with Gasteiger partial charge in [0.1, 0.15) is 0 Å². The van der Waals surface area contributed by atoms with Gasteiger partial charge in [-0.1, -0.05) is 0 Å². The van der Waals surface area contributed by atoms with Crippen molar-refractivity contribution < 1.29 is 17.4 Å². The zero-order valence-corrected chi connectivity index (χ0v) is 9.85. The molecular formula is C11H12F3NOS. The fraction of sp³-hybridized carbons (Fsp3) is 0.455. The van der Waals surface area contributed by atoms with Gasteiger partial charge in [0.05, 0.1) is 15.3 Å². The first-order valence-corrected chi connectivity index (χ1v) is 6.98. The minimum atomic E-state index is -4.35. The smallest absolute Gasteiger partial charge is 0.245 e. The molecule has 17 heavy (non-hydrogen) atoms. The Morgan fingerprint density at radius 1 is 1.12 bits per heavy atom. The van der Waals surface area contributed by atoms with Crippen LogP contribution in [0.2, 0.25) is 0 Å². The zero-order chi connectivity index (χ0) is 12.5. The van der Waals surface area contributed by atoms with Crippen LogP contribution in [0.25, 0.3) is 0 Å². The van der Waals surface area contributed by atoms with Gasteiger partial charge in [0.25, 0.3) is 0 Å². The Hall–Kier alpha value is -1.04. The maximum absolute atomic E-state index is 12.4. The van der Waals surface area contributed by atoms with Gasteiger partial charge in [-0.2, -0.15) is 13.2 Å². The maximum Gasteiger partial charge on any atom is 0.416 e. The van der Waals surface area contributed by atoms with E-state index in [1.54, 1.807) is 0 Å². The van der Waals surface area contributed by atoms with Crippen LogP contribution in [-0.4, -0.2) is 16.5 Å². The highest BCUT2D eigenvalue weighted by atomic mass is 32.2. The van der Waals surface area contributed by atoms with E-state index in [0.717, 1.165) is 25.0 Å². The summed E-state index contributed by atoms with van der Waals surface area (Å²) in [6.07, 6.45) is -2.64. The molecule has 94 valence electrons. The van der Waals surface area contributed by atoms with E-state index in [-0.39, 0.29) is 0 Å². The summed E-state index contributed by atoms with van der Waals surface area (Å²) < 4.78 is 53.5. The van der Waals surface area contributed by atoms with Crippen molar-refractivity contribution >= 4 is 9.73 Å². The molecule has 1 aliphatic heterocycles. The van der Waals surface area contributed by atoms with E-state index in [9.17, 15) is 17.4 Å². The lowest BCUT2D eigenvalue weighted by molar-refractivity contribution is -0.137. The van der Waals surface area contributed by atoms with Crippen molar-refractivity contribution in [3.63, 3.8) is 0 Å². The molecule has 0 spiro atoms.